The van der Waals surface area contributed by atoms with Gasteiger partial charge in [-0.15, -0.1) is 0 Å². The summed E-state index contributed by atoms with van der Waals surface area (Å²) >= 11 is 0. The molecule has 84 valence electrons. The Labute approximate surface area is 91.9 Å². The van der Waals surface area contributed by atoms with Gasteiger partial charge in [-0.1, -0.05) is 0 Å². The summed E-state index contributed by atoms with van der Waals surface area (Å²) in [6.07, 6.45) is 0.289. The first-order valence-corrected chi connectivity index (χ1v) is 5.00. The second-order valence-corrected chi connectivity index (χ2v) is 3.53. The molecule has 0 aliphatic carbocycles. The number of rotatable bonds is 2. The zero-order chi connectivity index (χ0) is 11.0. The van der Waals surface area contributed by atoms with Gasteiger partial charge < -0.3 is 18.9 Å². The molecule has 1 saturated heterocycles. The van der Waals surface area contributed by atoms with Crippen molar-refractivity contribution < 1.29 is 23.7 Å². The van der Waals surface area contributed by atoms with Gasteiger partial charge in [0.2, 0.25) is 6.79 Å². The maximum Gasteiger partial charge on any atom is 0.231 e. The number of hydrogen-bond acceptors (Lipinski definition) is 5. The third-order valence-corrected chi connectivity index (χ3v) is 2.58. The van der Waals surface area contributed by atoms with Crippen LogP contribution in [-0.2, 0) is 9.47 Å². The topological polar surface area (TPSA) is 54.0 Å². The lowest BCUT2D eigenvalue weighted by atomic mass is 10.1. The van der Waals surface area contributed by atoms with E-state index in [1.165, 1.54) is 0 Å². The Kier molecular flexibility index (Phi) is 2.27. The van der Waals surface area contributed by atoms with Crippen molar-refractivity contribution in [2.24, 2.45) is 0 Å². The molecule has 0 aromatic heterocycles. The van der Waals surface area contributed by atoms with Crippen molar-refractivity contribution in [1.82, 2.24) is 0 Å². The number of hydrogen-bond donors (Lipinski definition) is 0. The standard InChI is InChI=1S/C11H10O5/c12-5-7-3-9-10(16-6-15-9)4-8(7)11-13-1-2-14-11/h3-5,11H,1-2,6H2. The summed E-state index contributed by atoms with van der Waals surface area (Å²) in [6, 6.07) is 3.39. The van der Waals surface area contributed by atoms with E-state index in [-0.39, 0.29) is 6.79 Å². The van der Waals surface area contributed by atoms with Crippen LogP contribution in [0.25, 0.3) is 0 Å². The molecule has 2 aliphatic rings. The third kappa shape index (κ3) is 1.45. The molecular weight excluding hydrogens is 212 g/mol. The van der Waals surface area contributed by atoms with Crippen molar-refractivity contribution in [1.29, 1.82) is 0 Å². The van der Waals surface area contributed by atoms with Crippen molar-refractivity contribution >= 4 is 6.29 Å². The molecule has 0 radical (unpaired) electrons. The van der Waals surface area contributed by atoms with Gasteiger partial charge in [0.25, 0.3) is 0 Å². The second-order valence-electron chi connectivity index (χ2n) is 3.53. The number of carbonyl (C=O) groups is 1. The first-order chi connectivity index (χ1) is 7.88. The van der Waals surface area contributed by atoms with Crippen LogP contribution in [-0.4, -0.2) is 26.3 Å². The van der Waals surface area contributed by atoms with E-state index in [1.807, 2.05) is 0 Å². The predicted molar refractivity (Wildman–Crippen MR) is 52.6 cm³/mol. The first kappa shape index (κ1) is 9.62. The van der Waals surface area contributed by atoms with E-state index in [9.17, 15) is 4.79 Å². The van der Waals surface area contributed by atoms with Crippen LogP contribution in [0.3, 0.4) is 0 Å². The molecule has 0 spiro atoms. The van der Waals surface area contributed by atoms with E-state index in [4.69, 9.17) is 18.9 Å². The molecule has 0 saturated carbocycles. The van der Waals surface area contributed by atoms with Crippen molar-refractivity contribution in [3.8, 4) is 11.5 Å². The van der Waals surface area contributed by atoms with Gasteiger partial charge in [0.05, 0.1) is 13.2 Å². The van der Waals surface area contributed by atoms with Crippen molar-refractivity contribution in [3.63, 3.8) is 0 Å². The molecule has 1 fully saturated rings. The fourth-order valence-electron chi connectivity index (χ4n) is 1.82. The van der Waals surface area contributed by atoms with Crippen LogP contribution >= 0.6 is 0 Å². The first-order valence-electron chi connectivity index (χ1n) is 5.00. The summed E-state index contributed by atoms with van der Waals surface area (Å²) in [4.78, 5) is 11.0. The molecule has 5 nitrogen and oxygen atoms in total. The molecule has 1 aromatic rings. The average molecular weight is 222 g/mol. The van der Waals surface area contributed by atoms with Crippen LogP contribution in [0.4, 0.5) is 0 Å². The van der Waals surface area contributed by atoms with Gasteiger partial charge in [-0.05, 0) is 12.1 Å². The van der Waals surface area contributed by atoms with Gasteiger partial charge in [-0.25, -0.2) is 0 Å². The number of aldehydes is 1. The van der Waals surface area contributed by atoms with E-state index in [0.717, 1.165) is 6.29 Å². The average Bonchev–Trinajstić information content (AvgIpc) is 2.97. The highest BCUT2D eigenvalue weighted by molar-refractivity contribution is 5.79. The smallest absolute Gasteiger partial charge is 0.231 e. The number of fused-ring (bicyclic) bond motifs is 1. The molecule has 2 aliphatic heterocycles. The summed E-state index contributed by atoms with van der Waals surface area (Å²) in [6.45, 7) is 1.26. The van der Waals surface area contributed by atoms with Gasteiger partial charge in [0, 0.05) is 11.1 Å². The molecule has 0 bridgehead atoms. The Balaban J connectivity index is 2.04. The van der Waals surface area contributed by atoms with E-state index in [2.05, 4.69) is 0 Å². The molecule has 0 N–H and O–H groups in total. The minimum absolute atomic E-state index is 0.184. The van der Waals surface area contributed by atoms with Crippen LogP contribution in [0.5, 0.6) is 11.5 Å². The lowest BCUT2D eigenvalue weighted by Gasteiger charge is -2.12. The van der Waals surface area contributed by atoms with Gasteiger partial charge in [-0.3, -0.25) is 4.79 Å². The van der Waals surface area contributed by atoms with Crippen molar-refractivity contribution in [3.05, 3.63) is 23.3 Å². The van der Waals surface area contributed by atoms with Gasteiger partial charge in [-0.2, -0.15) is 0 Å². The minimum atomic E-state index is -0.477. The highest BCUT2D eigenvalue weighted by Gasteiger charge is 2.25. The summed E-state index contributed by atoms with van der Waals surface area (Å²) in [5.74, 6) is 1.21. The SMILES string of the molecule is O=Cc1cc2c(cc1C1OCCO1)OCO2. The quantitative estimate of drug-likeness (QED) is 0.705. The Morgan fingerprint density at radius 2 is 1.81 bits per heavy atom. The highest BCUT2D eigenvalue weighted by atomic mass is 16.7. The number of ether oxygens (including phenoxy) is 4. The largest absolute Gasteiger partial charge is 0.454 e. The maximum absolute atomic E-state index is 11.0. The molecule has 0 atom stereocenters. The normalized spacial score (nSPS) is 19.0. The predicted octanol–water partition coefficient (Wildman–Crippen LogP) is 1.27. The van der Waals surface area contributed by atoms with Crippen LogP contribution in [0, 0.1) is 0 Å². The van der Waals surface area contributed by atoms with Crippen LogP contribution in [0.1, 0.15) is 22.2 Å². The minimum Gasteiger partial charge on any atom is -0.454 e. The molecule has 2 heterocycles. The number of benzene rings is 1. The molecule has 16 heavy (non-hydrogen) atoms. The van der Waals surface area contributed by atoms with Crippen molar-refractivity contribution in [2.75, 3.05) is 20.0 Å². The molecule has 0 unspecified atom stereocenters. The molecule has 5 heteroatoms. The summed E-state index contributed by atoms with van der Waals surface area (Å²) in [7, 11) is 0. The van der Waals surface area contributed by atoms with E-state index in [1.54, 1.807) is 12.1 Å². The van der Waals surface area contributed by atoms with Crippen LogP contribution in [0.15, 0.2) is 12.1 Å². The fraction of sp³-hybridized carbons (Fsp3) is 0.364. The summed E-state index contributed by atoms with van der Waals surface area (Å²) in [5, 5.41) is 0. The fourth-order valence-corrected chi connectivity index (χ4v) is 1.82. The maximum atomic E-state index is 11.0. The Bertz CT molecular complexity index is 423. The number of carbonyl (C=O) groups excluding carboxylic acids is 1. The Morgan fingerprint density at radius 1 is 1.12 bits per heavy atom. The van der Waals surface area contributed by atoms with Crippen LogP contribution in [0.2, 0.25) is 0 Å². The van der Waals surface area contributed by atoms with Crippen LogP contribution < -0.4 is 9.47 Å². The lowest BCUT2D eigenvalue weighted by molar-refractivity contribution is -0.0445. The molecule has 3 rings (SSSR count). The Hall–Kier alpha value is -1.59. The Morgan fingerprint density at radius 3 is 2.50 bits per heavy atom. The third-order valence-electron chi connectivity index (χ3n) is 2.58. The van der Waals surface area contributed by atoms with Gasteiger partial charge in [0.15, 0.2) is 24.1 Å². The monoisotopic (exact) mass is 222 g/mol. The highest BCUT2D eigenvalue weighted by Crippen LogP contribution is 2.38. The van der Waals surface area contributed by atoms with E-state index >= 15 is 0 Å². The summed E-state index contributed by atoms with van der Waals surface area (Å²) in [5.41, 5.74) is 1.20. The molecule has 0 amide bonds. The van der Waals surface area contributed by atoms with E-state index in [0.29, 0.717) is 35.8 Å². The zero-order valence-corrected chi connectivity index (χ0v) is 8.47. The van der Waals surface area contributed by atoms with Gasteiger partial charge in [0.1, 0.15) is 0 Å². The molecule has 1 aromatic carbocycles. The lowest BCUT2D eigenvalue weighted by Crippen LogP contribution is -2.02. The van der Waals surface area contributed by atoms with Crippen molar-refractivity contribution in [2.45, 2.75) is 6.29 Å². The summed E-state index contributed by atoms with van der Waals surface area (Å²) < 4.78 is 21.2. The second kappa shape index (κ2) is 3.77. The molecular formula is C11H10O5. The van der Waals surface area contributed by atoms with E-state index < -0.39 is 6.29 Å². The zero-order valence-electron chi connectivity index (χ0n) is 8.47. The van der Waals surface area contributed by atoms with Gasteiger partial charge >= 0.3 is 0 Å².